The summed E-state index contributed by atoms with van der Waals surface area (Å²) < 4.78 is 6.26. The van der Waals surface area contributed by atoms with Crippen molar-refractivity contribution in [1.82, 2.24) is 15.0 Å². The molecular weight excluding hydrogens is 408 g/mol. The van der Waals surface area contributed by atoms with E-state index < -0.39 is 0 Å². The van der Waals surface area contributed by atoms with E-state index in [1.54, 1.807) is 24.3 Å². The number of nitrogens with one attached hydrogen (secondary N) is 3. The average molecular weight is 419 g/mol. The SMILES string of the molecule is N#Cc1cccc(-c2nc3[nH]c(=O)ccc3nc2-c2cc(Cl)c3c(c2)NSN3)c1. The van der Waals surface area contributed by atoms with Crippen molar-refractivity contribution >= 4 is 46.3 Å². The first-order chi connectivity index (χ1) is 14.1. The molecule has 0 saturated heterocycles. The van der Waals surface area contributed by atoms with Crippen molar-refractivity contribution in [3.8, 4) is 28.6 Å². The number of aromatic amines is 1. The summed E-state index contributed by atoms with van der Waals surface area (Å²) in [5.74, 6) is 0. The Hall–Kier alpha value is -3.54. The van der Waals surface area contributed by atoms with Gasteiger partial charge in [-0.2, -0.15) is 5.26 Å². The number of hydrogen-bond donors (Lipinski definition) is 3. The summed E-state index contributed by atoms with van der Waals surface area (Å²) in [6, 6.07) is 16.0. The van der Waals surface area contributed by atoms with Gasteiger partial charge in [0.25, 0.3) is 0 Å². The highest BCUT2D eigenvalue weighted by Crippen LogP contribution is 2.43. The number of hydrogen-bond acceptors (Lipinski definition) is 7. The van der Waals surface area contributed by atoms with E-state index in [0.29, 0.717) is 33.1 Å². The van der Waals surface area contributed by atoms with Gasteiger partial charge in [0.1, 0.15) is 5.52 Å². The third-order valence-corrected chi connectivity index (χ3v) is 5.43. The smallest absolute Gasteiger partial charge is 0.249 e. The van der Waals surface area contributed by atoms with Crippen LogP contribution < -0.4 is 15.0 Å². The molecule has 0 amide bonds. The van der Waals surface area contributed by atoms with Crippen LogP contribution in [0.25, 0.3) is 33.7 Å². The molecule has 2 aromatic heterocycles. The first kappa shape index (κ1) is 17.6. The number of pyridine rings is 1. The van der Waals surface area contributed by atoms with Crippen LogP contribution in [0.15, 0.2) is 53.3 Å². The van der Waals surface area contributed by atoms with E-state index in [4.69, 9.17) is 16.6 Å². The molecule has 29 heavy (non-hydrogen) atoms. The van der Waals surface area contributed by atoms with Crippen molar-refractivity contribution in [3.05, 3.63) is 69.5 Å². The minimum Gasteiger partial charge on any atom is -0.310 e. The summed E-state index contributed by atoms with van der Waals surface area (Å²) in [5, 5.41) is 9.83. The van der Waals surface area contributed by atoms with Crippen LogP contribution in [0.1, 0.15) is 5.56 Å². The minimum atomic E-state index is -0.260. The second kappa shape index (κ2) is 6.81. The van der Waals surface area contributed by atoms with Gasteiger partial charge in [0.05, 0.1) is 51.6 Å². The summed E-state index contributed by atoms with van der Waals surface area (Å²) >= 11 is 7.79. The Kier molecular flexibility index (Phi) is 4.12. The van der Waals surface area contributed by atoms with E-state index in [1.165, 1.54) is 18.2 Å². The molecule has 2 aromatic carbocycles. The van der Waals surface area contributed by atoms with Crippen LogP contribution in [0.5, 0.6) is 0 Å². The molecule has 4 aromatic rings. The van der Waals surface area contributed by atoms with E-state index in [-0.39, 0.29) is 5.56 Å². The Morgan fingerprint density at radius 3 is 2.72 bits per heavy atom. The lowest BCUT2D eigenvalue weighted by atomic mass is 10.0. The van der Waals surface area contributed by atoms with Crippen molar-refractivity contribution in [2.45, 2.75) is 0 Å². The van der Waals surface area contributed by atoms with Crippen molar-refractivity contribution in [2.75, 3.05) is 9.44 Å². The molecule has 1 aliphatic heterocycles. The molecule has 3 N–H and O–H groups in total. The molecule has 140 valence electrons. The van der Waals surface area contributed by atoms with Crippen molar-refractivity contribution < 1.29 is 0 Å². The fourth-order valence-electron chi connectivity index (χ4n) is 3.17. The molecule has 1 aliphatic rings. The summed E-state index contributed by atoms with van der Waals surface area (Å²) in [6.45, 7) is 0. The molecule has 0 spiro atoms. The zero-order chi connectivity index (χ0) is 20.0. The number of rotatable bonds is 2. The largest absolute Gasteiger partial charge is 0.310 e. The third-order valence-electron chi connectivity index (χ3n) is 4.50. The van der Waals surface area contributed by atoms with Gasteiger partial charge in [-0.3, -0.25) is 4.79 Å². The highest BCUT2D eigenvalue weighted by atomic mass is 35.5. The quantitative estimate of drug-likeness (QED) is 0.409. The van der Waals surface area contributed by atoms with Crippen molar-refractivity contribution in [3.63, 3.8) is 0 Å². The number of benzene rings is 2. The van der Waals surface area contributed by atoms with Gasteiger partial charge in [0.2, 0.25) is 5.56 Å². The van der Waals surface area contributed by atoms with Crippen LogP contribution in [0, 0.1) is 11.3 Å². The highest BCUT2D eigenvalue weighted by Gasteiger charge is 2.20. The van der Waals surface area contributed by atoms with Gasteiger partial charge in [-0.25, -0.2) is 9.97 Å². The van der Waals surface area contributed by atoms with Gasteiger partial charge in [-0.15, -0.1) is 0 Å². The maximum atomic E-state index is 11.8. The van der Waals surface area contributed by atoms with Crippen LogP contribution in [0.2, 0.25) is 5.02 Å². The molecule has 0 atom stereocenters. The van der Waals surface area contributed by atoms with E-state index >= 15 is 0 Å². The van der Waals surface area contributed by atoms with Gasteiger partial charge in [-0.1, -0.05) is 23.7 Å². The molecule has 0 radical (unpaired) electrons. The Morgan fingerprint density at radius 1 is 1.00 bits per heavy atom. The second-order valence-electron chi connectivity index (χ2n) is 6.36. The maximum Gasteiger partial charge on any atom is 0.249 e. The topological polar surface area (TPSA) is 106 Å². The Labute approximate surface area is 174 Å². The summed E-state index contributed by atoms with van der Waals surface area (Å²) in [4.78, 5) is 23.9. The Balaban J connectivity index is 1.82. The van der Waals surface area contributed by atoms with Crippen molar-refractivity contribution in [1.29, 1.82) is 5.26 Å². The lowest BCUT2D eigenvalue weighted by Gasteiger charge is -2.12. The number of nitriles is 1. The van der Waals surface area contributed by atoms with E-state index in [9.17, 15) is 10.1 Å². The van der Waals surface area contributed by atoms with Crippen LogP contribution in [-0.2, 0) is 0 Å². The number of aromatic nitrogens is 3. The van der Waals surface area contributed by atoms with E-state index in [1.807, 2.05) is 18.2 Å². The van der Waals surface area contributed by atoms with Gasteiger partial charge >= 0.3 is 0 Å². The van der Waals surface area contributed by atoms with E-state index in [2.05, 4.69) is 25.5 Å². The standard InChI is InChI=1S/C20H11ClN6OS/c21-13-7-12(8-15-19(13)27-29-26-15)18-17(11-3-1-2-10(6-11)9-22)25-20-14(23-18)4-5-16(28)24-20/h1-8,26-27H,(H,24,25,28). The number of anilines is 2. The lowest BCUT2D eigenvalue weighted by Crippen LogP contribution is -2.06. The predicted octanol–water partition coefficient (Wildman–Crippen LogP) is 4.58. The first-order valence-corrected chi connectivity index (χ1v) is 9.75. The highest BCUT2D eigenvalue weighted by molar-refractivity contribution is 8.02. The van der Waals surface area contributed by atoms with Crippen molar-refractivity contribution in [2.24, 2.45) is 0 Å². The van der Waals surface area contributed by atoms with Crippen LogP contribution >= 0.6 is 23.7 Å². The summed E-state index contributed by atoms with van der Waals surface area (Å²) in [5.41, 5.74) is 5.46. The summed E-state index contributed by atoms with van der Waals surface area (Å²) in [7, 11) is 0. The van der Waals surface area contributed by atoms with Gasteiger partial charge < -0.3 is 14.4 Å². The molecule has 0 fully saturated rings. The fourth-order valence-corrected chi connectivity index (χ4v) is 4.13. The Morgan fingerprint density at radius 2 is 1.86 bits per heavy atom. The van der Waals surface area contributed by atoms with Crippen LogP contribution in [0.4, 0.5) is 11.4 Å². The Bertz CT molecular complexity index is 1390. The molecule has 3 heterocycles. The van der Waals surface area contributed by atoms with Gasteiger partial charge in [0, 0.05) is 17.2 Å². The predicted molar refractivity (Wildman–Crippen MR) is 116 cm³/mol. The molecule has 0 bridgehead atoms. The molecule has 0 aliphatic carbocycles. The number of halogens is 1. The molecule has 0 saturated carbocycles. The fraction of sp³-hybridized carbons (Fsp3) is 0. The maximum absolute atomic E-state index is 11.8. The monoisotopic (exact) mass is 418 g/mol. The lowest BCUT2D eigenvalue weighted by molar-refractivity contribution is 1.19. The molecule has 0 unspecified atom stereocenters. The zero-order valence-electron chi connectivity index (χ0n) is 14.7. The molecule has 9 heteroatoms. The van der Waals surface area contributed by atoms with E-state index in [0.717, 1.165) is 22.5 Å². The zero-order valence-corrected chi connectivity index (χ0v) is 16.2. The van der Waals surface area contributed by atoms with Gasteiger partial charge in [0.15, 0.2) is 5.65 Å². The number of nitrogens with zero attached hydrogens (tertiary/aromatic N) is 3. The third kappa shape index (κ3) is 3.06. The second-order valence-corrected chi connectivity index (χ2v) is 7.38. The molecule has 5 rings (SSSR count). The normalized spacial score (nSPS) is 12.1. The number of H-pyrrole nitrogens is 1. The van der Waals surface area contributed by atoms with Gasteiger partial charge in [-0.05, 0) is 30.3 Å². The number of fused-ring (bicyclic) bond motifs is 2. The first-order valence-electron chi connectivity index (χ1n) is 8.56. The average Bonchev–Trinajstić information content (AvgIpc) is 3.22. The minimum absolute atomic E-state index is 0.260. The van der Waals surface area contributed by atoms with Crippen LogP contribution in [0.3, 0.4) is 0 Å². The van der Waals surface area contributed by atoms with Crippen LogP contribution in [-0.4, -0.2) is 15.0 Å². The summed E-state index contributed by atoms with van der Waals surface area (Å²) in [6.07, 6.45) is 0. The molecule has 7 nitrogen and oxygen atoms in total. The molecular formula is C20H11ClN6OS.